The molecule has 28 heavy (non-hydrogen) atoms. The van der Waals surface area contributed by atoms with Crippen LogP contribution in [0.4, 0.5) is 10.1 Å². The third kappa shape index (κ3) is 6.77. The summed E-state index contributed by atoms with van der Waals surface area (Å²) in [6.45, 7) is 6.18. The van der Waals surface area contributed by atoms with Crippen molar-refractivity contribution >= 4 is 17.6 Å². The molecule has 3 nitrogen and oxygen atoms in total. The lowest BCUT2D eigenvalue weighted by molar-refractivity contribution is 0.409. The van der Waals surface area contributed by atoms with Crippen LogP contribution in [0, 0.1) is 11.8 Å². The molecule has 1 heterocycles. The number of hydrogen-bond acceptors (Lipinski definition) is 3. The fourth-order valence-electron chi connectivity index (χ4n) is 2.34. The predicted octanol–water partition coefficient (Wildman–Crippen LogP) is 4.68. The van der Waals surface area contributed by atoms with Gasteiger partial charge < -0.3 is 10.2 Å². The van der Waals surface area contributed by atoms with Gasteiger partial charge in [-0.2, -0.15) is 0 Å². The average molecular weight is 375 g/mol. The Balaban J connectivity index is 2.08. The fourth-order valence-corrected chi connectivity index (χ4v) is 2.34. The number of alkyl halides is 1. The van der Waals surface area contributed by atoms with Gasteiger partial charge in [0.2, 0.25) is 0 Å². The maximum absolute atomic E-state index is 13.4. The summed E-state index contributed by atoms with van der Waals surface area (Å²) in [5, 5.41) is 2.97. The van der Waals surface area contributed by atoms with E-state index in [-0.39, 0.29) is 6.54 Å². The molecule has 0 aliphatic carbocycles. The highest BCUT2D eigenvalue weighted by molar-refractivity contribution is 5.74. The van der Waals surface area contributed by atoms with E-state index in [1.807, 2.05) is 39.2 Å². The van der Waals surface area contributed by atoms with Crippen molar-refractivity contribution in [2.24, 2.45) is 4.99 Å². The van der Waals surface area contributed by atoms with E-state index >= 15 is 0 Å². The molecule has 1 atom stereocenters. The minimum atomic E-state index is -1.08. The molecule has 1 aliphatic heterocycles. The molecular formula is C24H26FN3. The standard InChI is InChI=1S/C24H26FN3/c1-5-20(11-14-23-8-6-7-22(25)17-26-18-27-23)10-9-19(2)21-12-15-24(16-13-21)28(3)4/h5-10,12-13,15-16,18,22H,2,17H2,1,3-4H3,(H,26,27)/b7-6+,10-9-,20-5+,23-8-. The highest BCUT2D eigenvalue weighted by atomic mass is 19.1. The Morgan fingerprint density at radius 1 is 1.29 bits per heavy atom. The molecule has 0 saturated heterocycles. The third-order valence-electron chi connectivity index (χ3n) is 4.05. The Morgan fingerprint density at radius 2 is 2.04 bits per heavy atom. The Hall–Kier alpha value is -3.32. The van der Waals surface area contributed by atoms with E-state index in [1.165, 1.54) is 12.4 Å². The second-order valence-corrected chi connectivity index (χ2v) is 6.41. The van der Waals surface area contributed by atoms with E-state index < -0.39 is 6.17 Å². The molecule has 1 N–H and O–H groups in total. The van der Waals surface area contributed by atoms with Crippen molar-refractivity contribution in [1.29, 1.82) is 0 Å². The van der Waals surface area contributed by atoms with Gasteiger partial charge in [0.25, 0.3) is 0 Å². The lowest BCUT2D eigenvalue weighted by Gasteiger charge is -2.12. The van der Waals surface area contributed by atoms with Crippen molar-refractivity contribution in [2.45, 2.75) is 13.1 Å². The first-order valence-corrected chi connectivity index (χ1v) is 9.10. The number of benzene rings is 1. The molecule has 1 aromatic carbocycles. The largest absolute Gasteiger partial charge is 0.378 e. The molecule has 0 saturated carbocycles. The zero-order chi connectivity index (χ0) is 20.4. The summed E-state index contributed by atoms with van der Waals surface area (Å²) < 4.78 is 13.4. The molecule has 2 rings (SSSR count). The van der Waals surface area contributed by atoms with E-state index in [1.54, 1.807) is 12.2 Å². The van der Waals surface area contributed by atoms with Crippen molar-refractivity contribution in [1.82, 2.24) is 5.32 Å². The van der Waals surface area contributed by atoms with Crippen LogP contribution in [0.15, 0.2) is 83.6 Å². The van der Waals surface area contributed by atoms with E-state index in [9.17, 15) is 4.39 Å². The van der Waals surface area contributed by atoms with Crippen LogP contribution in [0.25, 0.3) is 5.57 Å². The zero-order valence-corrected chi connectivity index (χ0v) is 16.6. The third-order valence-corrected chi connectivity index (χ3v) is 4.05. The molecule has 0 bridgehead atoms. The minimum Gasteiger partial charge on any atom is -0.378 e. The summed E-state index contributed by atoms with van der Waals surface area (Å²) in [6, 6.07) is 8.24. The van der Waals surface area contributed by atoms with Crippen LogP contribution in [-0.2, 0) is 0 Å². The number of halogens is 1. The lowest BCUT2D eigenvalue weighted by atomic mass is 10.1. The van der Waals surface area contributed by atoms with E-state index in [2.05, 4.69) is 57.9 Å². The SMILES string of the molecule is C=C(/C=C\C(C#C/C1=C/C=C/C(F)C/N=C/N1)=C/C)c1ccc(N(C)C)cc1. The van der Waals surface area contributed by atoms with Crippen molar-refractivity contribution in [2.75, 3.05) is 25.5 Å². The first kappa shape index (κ1) is 21.0. The maximum Gasteiger partial charge on any atom is 0.138 e. The molecule has 1 aliphatic rings. The molecular weight excluding hydrogens is 349 g/mol. The first-order chi connectivity index (χ1) is 13.5. The van der Waals surface area contributed by atoms with Crippen LogP contribution in [0.1, 0.15) is 12.5 Å². The van der Waals surface area contributed by atoms with Gasteiger partial charge in [-0.05, 0) is 54.3 Å². The average Bonchev–Trinajstić information content (AvgIpc) is 2.80. The predicted molar refractivity (Wildman–Crippen MR) is 119 cm³/mol. The molecule has 1 unspecified atom stereocenters. The number of nitrogens with one attached hydrogen (secondary N) is 1. The second kappa shape index (κ2) is 10.7. The molecule has 0 amide bonds. The van der Waals surface area contributed by atoms with Crippen LogP contribution in [-0.4, -0.2) is 33.2 Å². The number of hydrogen-bond donors (Lipinski definition) is 1. The van der Waals surface area contributed by atoms with Crippen molar-refractivity contribution in [3.05, 3.63) is 84.1 Å². The molecule has 0 spiro atoms. The van der Waals surface area contributed by atoms with Crippen LogP contribution in [0.5, 0.6) is 0 Å². The van der Waals surface area contributed by atoms with Gasteiger partial charge in [-0.1, -0.05) is 42.9 Å². The van der Waals surface area contributed by atoms with E-state index in [0.29, 0.717) is 5.70 Å². The van der Waals surface area contributed by atoms with Crippen molar-refractivity contribution in [3.63, 3.8) is 0 Å². The Bertz CT molecular complexity index is 888. The van der Waals surface area contributed by atoms with Gasteiger partial charge in [-0.15, -0.1) is 0 Å². The minimum absolute atomic E-state index is 0.110. The maximum atomic E-state index is 13.4. The van der Waals surface area contributed by atoms with Crippen LogP contribution in [0.3, 0.4) is 0 Å². The van der Waals surface area contributed by atoms with Gasteiger partial charge >= 0.3 is 0 Å². The number of nitrogens with zero attached hydrogens (tertiary/aromatic N) is 2. The smallest absolute Gasteiger partial charge is 0.138 e. The van der Waals surface area contributed by atoms with Crippen LogP contribution >= 0.6 is 0 Å². The molecule has 0 fully saturated rings. The molecule has 0 radical (unpaired) electrons. The van der Waals surface area contributed by atoms with Gasteiger partial charge in [0.1, 0.15) is 6.17 Å². The van der Waals surface area contributed by atoms with Crippen molar-refractivity contribution < 1.29 is 4.39 Å². The highest BCUT2D eigenvalue weighted by Gasteiger charge is 2.00. The molecule has 0 aromatic heterocycles. The zero-order valence-electron chi connectivity index (χ0n) is 16.6. The Kier molecular flexibility index (Phi) is 8.05. The molecule has 144 valence electrons. The van der Waals surface area contributed by atoms with Gasteiger partial charge in [0, 0.05) is 25.4 Å². The second-order valence-electron chi connectivity index (χ2n) is 6.41. The number of aliphatic imine (C=N–C) groups is 1. The van der Waals surface area contributed by atoms with Crippen LogP contribution < -0.4 is 10.2 Å². The number of allylic oxidation sites excluding steroid dienone is 8. The highest BCUT2D eigenvalue weighted by Crippen LogP contribution is 2.19. The lowest BCUT2D eigenvalue weighted by Crippen LogP contribution is -2.10. The summed E-state index contributed by atoms with van der Waals surface area (Å²) in [5.41, 5.74) is 4.63. The van der Waals surface area contributed by atoms with Gasteiger partial charge in [-0.3, -0.25) is 4.99 Å². The summed E-state index contributed by atoms with van der Waals surface area (Å²) >= 11 is 0. The monoisotopic (exact) mass is 375 g/mol. The topological polar surface area (TPSA) is 27.6 Å². The first-order valence-electron chi connectivity index (χ1n) is 9.10. The molecule has 4 heteroatoms. The summed E-state index contributed by atoms with van der Waals surface area (Å²) in [5.74, 6) is 6.15. The van der Waals surface area contributed by atoms with Gasteiger partial charge in [-0.25, -0.2) is 4.39 Å². The van der Waals surface area contributed by atoms with Gasteiger partial charge in [0.15, 0.2) is 0 Å². The summed E-state index contributed by atoms with van der Waals surface area (Å²) in [6.07, 6.45) is 11.1. The fraction of sp³-hybridized carbons (Fsp3) is 0.208. The van der Waals surface area contributed by atoms with E-state index in [0.717, 1.165) is 22.4 Å². The Labute approximate surface area is 167 Å². The van der Waals surface area contributed by atoms with Crippen LogP contribution in [0.2, 0.25) is 0 Å². The summed E-state index contributed by atoms with van der Waals surface area (Å²) in [4.78, 5) is 6.02. The summed E-state index contributed by atoms with van der Waals surface area (Å²) in [7, 11) is 4.03. The number of rotatable bonds is 4. The van der Waals surface area contributed by atoms with E-state index in [4.69, 9.17) is 0 Å². The normalized spacial score (nSPS) is 21.1. The Morgan fingerprint density at radius 3 is 2.71 bits per heavy atom. The quantitative estimate of drug-likeness (QED) is 0.611. The van der Waals surface area contributed by atoms with Gasteiger partial charge in [0.05, 0.1) is 18.6 Å². The van der Waals surface area contributed by atoms with Crippen molar-refractivity contribution in [3.8, 4) is 11.8 Å². The number of anilines is 1. The molecule has 1 aromatic rings.